The third-order valence-corrected chi connectivity index (χ3v) is 4.92. The van der Waals surface area contributed by atoms with Gasteiger partial charge >= 0.3 is 5.97 Å². The molecule has 0 aliphatic heterocycles. The first-order valence-electron chi connectivity index (χ1n) is 8.63. The zero-order valence-electron chi connectivity index (χ0n) is 15.7. The molecule has 2 aromatic rings. The van der Waals surface area contributed by atoms with Gasteiger partial charge in [0.2, 0.25) is 0 Å². The van der Waals surface area contributed by atoms with E-state index in [2.05, 4.69) is 37.3 Å². The summed E-state index contributed by atoms with van der Waals surface area (Å²) >= 11 is 6.72. The predicted octanol–water partition coefficient (Wildman–Crippen LogP) is 4.72. The molecule has 2 amide bonds. The zero-order chi connectivity index (χ0) is 20.8. The number of ether oxygens (including phenoxy) is 1. The van der Waals surface area contributed by atoms with Gasteiger partial charge in [-0.2, -0.15) is 0 Å². The Morgan fingerprint density at radius 2 is 1.82 bits per heavy atom. The van der Waals surface area contributed by atoms with Crippen LogP contribution in [0.3, 0.4) is 0 Å². The Hall–Kier alpha value is -2.19. The van der Waals surface area contributed by atoms with Crippen LogP contribution in [0.15, 0.2) is 51.4 Å². The number of carbonyl (C=O) groups is 3. The van der Waals surface area contributed by atoms with Crippen molar-refractivity contribution in [3.05, 3.63) is 62.5 Å². The number of amides is 2. The lowest BCUT2D eigenvalue weighted by molar-refractivity contribution is -0.134. The summed E-state index contributed by atoms with van der Waals surface area (Å²) in [5.74, 6) is -0.958. The monoisotopic (exact) mass is 510 g/mol. The molecule has 0 unspecified atom stereocenters. The van der Waals surface area contributed by atoms with Crippen molar-refractivity contribution >= 4 is 49.6 Å². The van der Waals surface area contributed by atoms with Gasteiger partial charge in [0.15, 0.2) is 0 Å². The van der Waals surface area contributed by atoms with Crippen molar-refractivity contribution in [1.82, 2.24) is 10.4 Å². The smallest absolute Gasteiger partial charge is 0.310 e. The number of hydrogen-bond acceptors (Lipinski definition) is 4. The summed E-state index contributed by atoms with van der Waals surface area (Å²) < 4.78 is 6.51. The van der Waals surface area contributed by atoms with Gasteiger partial charge in [-0.15, -0.1) is 0 Å². The summed E-state index contributed by atoms with van der Waals surface area (Å²) in [6, 6.07) is 11.2. The fourth-order valence-electron chi connectivity index (χ4n) is 2.28. The standard InChI is InChI=1S/C20H20Br2N2O4/c1-4-18(25)28-15-7-5-6-13(10-15)19(26)23-24(12(2)3)20(27)16-11-14(21)8-9-17(16)22/h5-12H,4H2,1-3H3,(H,23,26). The van der Waals surface area contributed by atoms with Crippen molar-refractivity contribution < 1.29 is 19.1 Å². The van der Waals surface area contributed by atoms with E-state index in [1.165, 1.54) is 11.1 Å². The first-order valence-corrected chi connectivity index (χ1v) is 10.2. The highest BCUT2D eigenvalue weighted by molar-refractivity contribution is 9.11. The van der Waals surface area contributed by atoms with Crippen molar-refractivity contribution in [3.63, 3.8) is 0 Å². The van der Waals surface area contributed by atoms with E-state index >= 15 is 0 Å². The van der Waals surface area contributed by atoms with Crippen LogP contribution >= 0.6 is 31.9 Å². The molecule has 0 saturated carbocycles. The SMILES string of the molecule is CCC(=O)Oc1cccc(C(=O)NN(C(=O)c2cc(Br)ccc2Br)C(C)C)c1. The summed E-state index contributed by atoms with van der Waals surface area (Å²) in [7, 11) is 0. The molecule has 0 bridgehead atoms. The average molecular weight is 512 g/mol. The lowest BCUT2D eigenvalue weighted by Crippen LogP contribution is -2.50. The Labute approximate surface area is 180 Å². The lowest BCUT2D eigenvalue weighted by Gasteiger charge is -2.27. The first kappa shape index (κ1) is 22.1. The highest BCUT2D eigenvalue weighted by Gasteiger charge is 2.24. The fourth-order valence-corrected chi connectivity index (χ4v) is 3.06. The Bertz CT molecular complexity index is 900. The van der Waals surface area contributed by atoms with E-state index in [1.807, 2.05) is 6.07 Å². The van der Waals surface area contributed by atoms with E-state index in [4.69, 9.17) is 4.74 Å². The fraction of sp³-hybridized carbons (Fsp3) is 0.250. The van der Waals surface area contributed by atoms with Crippen LogP contribution in [0.4, 0.5) is 0 Å². The summed E-state index contributed by atoms with van der Waals surface area (Å²) in [6.45, 7) is 5.28. The van der Waals surface area contributed by atoms with Gasteiger partial charge in [-0.1, -0.05) is 28.9 Å². The topological polar surface area (TPSA) is 75.7 Å². The second-order valence-corrected chi connectivity index (χ2v) is 7.96. The number of nitrogens with zero attached hydrogens (tertiary/aromatic N) is 1. The van der Waals surface area contributed by atoms with Crippen LogP contribution < -0.4 is 10.2 Å². The number of benzene rings is 2. The Morgan fingerprint density at radius 1 is 1.11 bits per heavy atom. The summed E-state index contributed by atoms with van der Waals surface area (Å²) in [4.78, 5) is 37.1. The summed E-state index contributed by atoms with van der Waals surface area (Å²) in [5.41, 5.74) is 3.32. The zero-order valence-corrected chi connectivity index (χ0v) is 18.8. The maximum Gasteiger partial charge on any atom is 0.310 e. The Morgan fingerprint density at radius 3 is 2.46 bits per heavy atom. The minimum Gasteiger partial charge on any atom is -0.427 e. The molecule has 0 aliphatic carbocycles. The van der Waals surface area contributed by atoms with Gasteiger partial charge in [0.25, 0.3) is 11.8 Å². The first-order chi connectivity index (χ1) is 13.2. The van der Waals surface area contributed by atoms with E-state index in [9.17, 15) is 14.4 Å². The van der Waals surface area contributed by atoms with Gasteiger partial charge in [-0.3, -0.25) is 19.8 Å². The number of hydrogen-bond donors (Lipinski definition) is 1. The van der Waals surface area contributed by atoms with Crippen molar-refractivity contribution in [2.75, 3.05) is 0 Å². The van der Waals surface area contributed by atoms with Gasteiger partial charge in [-0.05, 0) is 66.2 Å². The largest absolute Gasteiger partial charge is 0.427 e. The van der Waals surface area contributed by atoms with Crippen molar-refractivity contribution in [3.8, 4) is 5.75 Å². The number of nitrogens with one attached hydrogen (secondary N) is 1. The van der Waals surface area contributed by atoms with Crippen molar-refractivity contribution in [2.45, 2.75) is 33.2 Å². The average Bonchev–Trinajstić information content (AvgIpc) is 2.67. The lowest BCUT2D eigenvalue weighted by atomic mass is 10.2. The minimum absolute atomic E-state index is 0.230. The van der Waals surface area contributed by atoms with Crippen LogP contribution in [0.5, 0.6) is 5.75 Å². The molecule has 2 rings (SSSR count). The van der Waals surface area contributed by atoms with Gasteiger partial charge in [0, 0.05) is 27.0 Å². The highest BCUT2D eigenvalue weighted by Crippen LogP contribution is 2.23. The van der Waals surface area contributed by atoms with Gasteiger partial charge in [0.1, 0.15) is 5.75 Å². The van der Waals surface area contributed by atoms with Crippen LogP contribution in [0.25, 0.3) is 0 Å². The molecule has 6 nitrogen and oxygen atoms in total. The van der Waals surface area contributed by atoms with E-state index in [0.717, 1.165) is 4.47 Å². The van der Waals surface area contributed by atoms with E-state index < -0.39 is 11.9 Å². The molecule has 2 aromatic carbocycles. The molecule has 0 aromatic heterocycles. The van der Waals surface area contributed by atoms with Crippen LogP contribution in [0.1, 0.15) is 47.9 Å². The van der Waals surface area contributed by atoms with Gasteiger partial charge < -0.3 is 4.74 Å². The van der Waals surface area contributed by atoms with E-state index in [0.29, 0.717) is 10.0 Å². The summed E-state index contributed by atoms with van der Waals surface area (Å²) in [5, 5.41) is 1.26. The van der Waals surface area contributed by atoms with Crippen LogP contribution in [0, 0.1) is 0 Å². The second-order valence-electron chi connectivity index (χ2n) is 6.19. The molecule has 0 fully saturated rings. The molecule has 0 radical (unpaired) electrons. The normalized spacial score (nSPS) is 10.5. The van der Waals surface area contributed by atoms with Crippen molar-refractivity contribution in [1.29, 1.82) is 0 Å². The van der Waals surface area contributed by atoms with Crippen LogP contribution in [-0.2, 0) is 4.79 Å². The molecule has 148 valence electrons. The number of halogens is 2. The molecule has 8 heteroatoms. The summed E-state index contributed by atoms with van der Waals surface area (Å²) in [6.07, 6.45) is 0.230. The third kappa shape index (κ3) is 5.65. The Kier molecular flexibility index (Phi) is 7.77. The molecular formula is C20H20Br2N2O4. The molecule has 0 heterocycles. The van der Waals surface area contributed by atoms with Crippen LogP contribution in [-0.4, -0.2) is 28.8 Å². The van der Waals surface area contributed by atoms with E-state index in [-0.39, 0.29) is 29.7 Å². The van der Waals surface area contributed by atoms with E-state index in [1.54, 1.807) is 51.1 Å². The number of hydrazine groups is 1. The quantitative estimate of drug-likeness (QED) is 0.358. The molecule has 28 heavy (non-hydrogen) atoms. The molecule has 0 aliphatic rings. The molecule has 1 N–H and O–H groups in total. The Balaban J connectivity index is 2.23. The molecular weight excluding hydrogens is 492 g/mol. The number of rotatable bonds is 5. The van der Waals surface area contributed by atoms with Crippen molar-refractivity contribution in [2.24, 2.45) is 0 Å². The maximum absolute atomic E-state index is 13.0. The molecule has 0 spiro atoms. The maximum atomic E-state index is 13.0. The highest BCUT2D eigenvalue weighted by atomic mass is 79.9. The number of esters is 1. The molecule has 0 atom stereocenters. The van der Waals surface area contributed by atoms with Crippen LogP contribution in [0.2, 0.25) is 0 Å². The minimum atomic E-state index is -0.484. The number of carbonyl (C=O) groups excluding carboxylic acids is 3. The molecule has 0 saturated heterocycles. The van der Waals surface area contributed by atoms with Gasteiger partial charge in [-0.25, -0.2) is 5.01 Å². The predicted molar refractivity (Wildman–Crippen MR) is 113 cm³/mol. The van der Waals surface area contributed by atoms with Gasteiger partial charge in [0.05, 0.1) is 5.56 Å². The second kappa shape index (κ2) is 9.84. The third-order valence-electron chi connectivity index (χ3n) is 3.73.